The average molecular weight is 400 g/mol. The van der Waals surface area contributed by atoms with Crippen LogP contribution >= 0.6 is 22.6 Å². The molecule has 0 radical (unpaired) electrons. The van der Waals surface area contributed by atoms with E-state index >= 15 is 0 Å². The van der Waals surface area contributed by atoms with Crippen LogP contribution in [0.25, 0.3) is 0 Å². The van der Waals surface area contributed by atoms with Crippen molar-refractivity contribution >= 4 is 34.4 Å². The van der Waals surface area contributed by atoms with Crippen LogP contribution in [0.3, 0.4) is 0 Å². The molecular formula is C16H21IN2O2. The first kappa shape index (κ1) is 16.3. The molecule has 0 bridgehead atoms. The second-order valence-electron chi connectivity index (χ2n) is 5.65. The van der Waals surface area contributed by atoms with Gasteiger partial charge >= 0.3 is 0 Å². The molecule has 3 atom stereocenters. The summed E-state index contributed by atoms with van der Waals surface area (Å²) < 4.78 is 1.16. The maximum Gasteiger partial charge on any atom is 0.245 e. The molecule has 1 aliphatic rings. The van der Waals surface area contributed by atoms with E-state index < -0.39 is 6.04 Å². The van der Waals surface area contributed by atoms with Gasteiger partial charge in [0.15, 0.2) is 0 Å². The summed E-state index contributed by atoms with van der Waals surface area (Å²) in [6.07, 6.45) is 0.864. The van der Waals surface area contributed by atoms with Gasteiger partial charge in [-0.2, -0.15) is 0 Å². The molecule has 2 rings (SSSR count). The highest BCUT2D eigenvalue weighted by Gasteiger charge is 2.40. The number of amides is 2. The summed E-state index contributed by atoms with van der Waals surface area (Å²) >= 11 is 2.25. The van der Waals surface area contributed by atoms with Gasteiger partial charge in [0.1, 0.15) is 12.1 Å². The van der Waals surface area contributed by atoms with E-state index in [9.17, 15) is 9.59 Å². The molecule has 1 fully saturated rings. The predicted octanol–water partition coefficient (Wildman–Crippen LogP) is 2.55. The Morgan fingerprint density at radius 3 is 2.48 bits per heavy atom. The molecule has 1 aromatic carbocycles. The van der Waals surface area contributed by atoms with Crippen molar-refractivity contribution in [3.05, 3.63) is 33.4 Å². The van der Waals surface area contributed by atoms with Crippen LogP contribution in [0.15, 0.2) is 24.3 Å². The zero-order chi connectivity index (χ0) is 15.6. The van der Waals surface area contributed by atoms with Crippen LogP contribution in [-0.2, 0) is 16.1 Å². The summed E-state index contributed by atoms with van der Waals surface area (Å²) in [6, 6.07) is 7.25. The van der Waals surface area contributed by atoms with Crippen LogP contribution in [0.4, 0.5) is 0 Å². The van der Waals surface area contributed by atoms with Crippen molar-refractivity contribution in [2.45, 2.75) is 45.8 Å². The minimum absolute atomic E-state index is 0.00144. The van der Waals surface area contributed by atoms with Crippen LogP contribution in [-0.4, -0.2) is 28.8 Å². The van der Waals surface area contributed by atoms with Crippen molar-refractivity contribution in [2.75, 3.05) is 0 Å². The topological polar surface area (TPSA) is 49.4 Å². The van der Waals surface area contributed by atoms with E-state index in [-0.39, 0.29) is 23.8 Å². The molecule has 0 spiro atoms. The molecule has 0 aliphatic carbocycles. The van der Waals surface area contributed by atoms with Crippen LogP contribution < -0.4 is 5.32 Å². The van der Waals surface area contributed by atoms with Crippen molar-refractivity contribution in [1.29, 1.82) is 0 Å². The first-order valence-electron chi connectivity index (χ1n) is 7.29. The van der Waals surface area contributed by atoms with Gasteiger partial charge < -0.3 is 10.2 Å². The number of halogens is 1. The Kier molecular flexibility index (Phi) is 5.24. The number of carbonyl (C=O) groups excluding carboxylic acids is 2. The van der Waals surface area contributed by atoms with Gasteiger partial charge in [-0.3, -0.25) is 9.59 Å². The Hall–Kier alpha value is -1.11. The van der Waals surface area contributed by atoms with Gasteiger partial charge in [0.2, 0.25) is 11.8 Å². The van der Waals surface area contributed by atoms with Gasteiger partial charge in [0.25, 0.3) is 0 Å². The summed E-state index contributed by atoms with van der Waals surface area (Å²) in [4.78, 5) is 26.5. The summed E-state index contributed by atoms with van der Waals surface area (Å²) in [5.74, 6) is 0.103. The number of hydrogen-bond donors (Lipinski definition) is 1. The lowest BCUT2D eigenvalue weighted by Gasteiger charge is -2.40. The summed E-state index contributed by atoms with van der Waals surface area (Å²) in [5, 5.41) is 2.79. The number of rotatable bonds is 4. The zero-order valence-electron chi connectivity index (χ0n) is 12.6. The van der Waals surface area contributed by atoms with Gasteiger partial charge in [-0.05, 0) is 53.1 Å². The molecule has 0 aromatic heterocycles. The van der Waals surface area contributed by atoms with Crippen LogP contribution in [0, 0.1) is 9.49 Å². The Morgan fingerprint density at radius 2 is 1.90 bits per heavy atom. The fourth-order valence-electron chi connectivity index (χ4n) is 2.64. The number of carbonyl (C=O) groups is 2. The molecule has 2 amide bonds. The minimum Gasteiger partial charge on any atom is -0.343 e. The lowest BCUT2D eigenvalue weighted by molar-refractivity contribution is -0.151. The van der Waals surface area contributed by atoms with Gasteiger partial charge in [0, 0.05) is 10.1 Å². The third kappa shape index (κ3) is 3.56. The predicted molar refractivity (Wildman–Crippen MR) is 90.6 cm³/mol. The third-order valence-electron chi connectivity index (χ3n) is 4.07. The maximum atomic E-state index is 12.5. The molecule has 1 aliphatic heterocycles. The monoisotopic (exact) mass is 400 g/mol. The molecule has 4 nitrogen and oxygen atoms in total. The number of piperazine rings is 1. The molecule has 114 valence electrons. The van der Waals surface area contributed by atoms with E-state index in [1.807, 2.05) is 38.1 Å². The quantitative estimate of drug-likeness (QED) is 0.790. The van der Waals surface area contributed by atoms with Crippen molar-refractivity contribution in [2.24, 2.45) is 5.92 Å². The van der Waals surface area contributed by atoms with Crippen molar-refractivity contribution < 1.29 is 9.59 Å². The minimum atomic E-state index is -0.443. The summed E-state index contributed by atoms with van der Waals surface area (Å²) in [5.41, 5.74) is 1.05. The molecule has 3 unspecified atom stereocenters. The van der Waals surface area contributed by atoms with Crippen molar-refractivity contribution in [3.63, 3.8) is 0 Å². The normalized spacial score (nSPS) is 23.9. The van der Waals surface area contributed by atoms with E-state index in [0.29, 0.717) is 6.54 Å². The van der Waals surface area contributed by atoms with Crippen molar-refractivity contribution in [1.82, 2.24) is 10.2 Å². The largest absolute Gasteiger partial charge is 0.343 e. The fourth-order valence-corrected chi connectivity index (χ4v) is 3.00. The molecule has 1 saturated heterocycles. The number of nitrogens with zero attached hydrogens (tertiary/aromatic N) is 1. The molecule has 1 heterocycles. The maximum absolute atomic E-state index is 12.5. The highest BCUT2D eigenvalue weighted by atomic mass is 127. The standard InChI is InChI=1S/C16H21IN2O2/c1-4-10(2)14-15(20)18-11(3)16(21)19(14)9-12-5-7-13(17)8-6-12/h5-8,10-11,14H,4,9H2,1-3H3,(H,18,20). The van der Waals surface area contributed by atoms with E-state index in [0.717, 1.165) is 15.6 Å². The van der Waals surface area contributed by atoms with E-state index in [1.54, 1.807) is 11.8 Å². The first-order valence-corrected chi connectivity index (χ1v) is 8.37. The molecule has 1 aromatic rings. The average Bonchev–Trinajstić information content (AvgIpc) is 2.46. The lowest BCUT2D eigenvalue weighted by Crippen LogP contribution is -2.63. The fraction of sp³-hybridized carbons (Fsp3) is 0.500. The van der Waals surface area contributed by atoms with Crippen LogP contribution in [0.5, 0.6) is 0 Å². The molecule has 1 N–H and O–H groups in total. The number of nitrogens with one attached hydrogen (secondary N) is 1. The van der Waals surface area contributed by atoms with Crippen molar-refractivity contribution in [3.8, 4) is 0 Å². The van der Waals surface area contributed by atoms with E-state index in [4.69, 9.17) is 0 Å². The third-order valence-corrected chi connectivity index (χ3v) is 4.78. The Bertz CT molecular complexity index is 530. The van der Waals surface area contributed by atoms with Gasteiger partial charge in [0.05, 0.1) is 0 Å². The molecule has 21 heavy (non-hydrogen) atoms. The van der Waals surface area contributed by atoms with Crippen LogP contribution in [0.1, 0.15) is 32.8 Å². The Morgan fingerprint density at radius 1 is 1.29 bits per heavy atom. The zero-order valence-corrected chi connectivity index (χ0v) is 14.8. The van der Waals surface area contributed by atoms with Gasteiger partial charge in [-0.1, -0.05) is 32.4 Å². The highest BCUT2D eigenvalue weighted by Crippen LogP contribution is 2.22. The Labute approximate surface area is 139 Å². The molecular weight excluding hydrogens is 379 g/mol. The number of hydrogen-bond acceptors (Lipinski definition) is 2. The lowest BCUT2D eigenvalue weighted by atomic mass is 9.93. The molecule has 5 heteroatoms. The highest BCUT2D eigenvalue weighted by molar-refractivity contribution is 14.1. The SMILES string of the molecule is CCC(C)C1C(=O)NC(C)C(=O)N1Cc1ccc(I)cc1. The van der Waals surface area contributed by atoms with Gasteiger partial charge in [-0.25, -0.2) is 0 Å². The van der Waals surface area contributed by atoms with E-state index in [1.165, 1.54) is 0 Å². The van der Waals surface area contributed by atoms with E-state index in [2.05, 4.69) is 27.9 Å². The smallest absolute Gasteiger partial charge is 0.245 e. The second-order valence-corrected chi connectivity index (χ2v) is 6.90. The van der Waals surface area contributed by atoms with Crippen LogP contribution in [0.2, 0.25) is 0 Å². The number of benzene rings is 1. The molecule has 0 saturated carbocycles. The first-order chi connectivity index (χ1) is 9.93. The van der Waals surface area contributed by atoms with Gasteiger partial charge in [-0.15, -0.1) is 0 Å². The summed E-state index contributed by atoms with van der Waals surface area (Å²) in [7, 11) is 0. The Balaban J connectivity index is 2.27. The summed E-state index contributed by atoms with van der Waals surface area (Å²) in [6.45, 7) is 6.30. The second kappa shape index (κ2) is 6.77.